The molecule has 10 nitrogen and oxygen atoms in total. The molecule has 0 fully saturated rings. The highest BCUT2D eigenvalue weighted by molar-refractivity contribution is 7.92. The summed E-state index contributed by atoms with van der Waals surface area (Å²) in [4.78, 5) is 35.5. The number of aliphatic carboxylic acids is 1. The fraction of sp³-hybridized carbons (Fsp3) is 0.211. The van der Waals surface area contributed by atoms with Gasteiger partial charge in [-0.05, 0) is 49.4 Å². The van der Waals surface area contributed by atoms with Crippen LogP contribution < -0.4 is 14.4 Å². The number of amides is 1. The number of benzene rings is 2. The van der Waals surface area contributed by atoms with Crippen molar-refractivity contribution in [2.75, 3.05) is 29.4 Å². The maximum absolute atomic E-state index is 12.8. The number of hydrogen-bond acceptors (Lipinski definition) is 7. The van der Waals surface area contributed by atoms with Crippen LogP contribution in [0.3, 0.4) is 0 Å². The van der Waals surface area contributed by atoms with Crippen molar-refractivity contribution in [3.63, 3.8) is 0 Å². The second kappa shape index (κ2) is 8.41. The quantitative estimate of drug-likeness (QED) is 0.625. The first kappa shape index (κ1) is 21.1. The van der Waals surface area contributed by atoms with E-state index in [1.165, 1.54) is 42.5 Å². The summed E-state index contributed by atoms with van der Waals surface area (Å²) in [7, 11) is -4.07. The Balaban J connectivity index is 1.86. The molecule has 3 rings (SSSR count). The van der Waals surface area contributed by atoms with Crippen LogP contribution in [-0.4, -0.2) is 51.1 Å². The molecule has 0 radical (unpaired) electrons. The Morgan fingerprint density at radius 2 is 1.90 bits per heavy atom. The number of ether oxygens (including phenoxy) is 2. The van der Waals surface area contributed by atoms with Crippen LogP contribution in [0.5, 0.6) is 5.75 Å². The number of esters is 1. The molecule has 1 aliphatic heterocycles. The average Bonchev–Trinajstić information content (AvgIpc) is 2.70. The van der Waals surface area contributed by atoms with Crippen molar-refractivity contribution in [2.45, 2.75) is 11.8 Å². The van der Waals surface area contributed by atoms with Gasteiger partial charge in [-0.2, -0.15) is 0 Å². The highest BCUT2D eigenvalue weighted by Gasteiger charge is 2.29. The number of sulfonamides is 1. The third kappa shape index (κ3) is 4.51. The van der Waals surface area contributed by atoms with Gasteiger partial charge in [0.1, 0.15) is 12.3 Å². The molecule has 2 N–H and O–H groups in total. The van der Waals surface area contributed by atoms with Crippen molar-refractivity contribution in [2.24, 2.45) is 0 Å². The number of nitrogens with zero attached hydrogens (tertiary/aromatic N) is 1. The molecular weight excluding hydrogens is 416 g/mol. The molecule has 30 heavy (non-hydrogen) atoms. The van der Waals surface area contributed by atoms with Crippen molar-refractivity contribution < 1.29 is 37.4 Å². The Morgan fingerprint density at radius 3 is 2.53 bits per heavy atom. The minimum Gasteiger partial charge on any atom is -0.482 e. The van der Waals surface area contributed by atoms with Crippen molar-refractivity contribution >= 4 is 39.2 Å². The maximum atomic E-state index is 12.8. The summed E-state index contributed by atoms with van der Waals surface area (Å²) in [6.45, 7) is 0.935. The van der Waals surface area contributed by atoms with E-state index in [4.69, 9.17) is 14.6 Å². The van der Waals surface area contributed by atoms with E-state index >= 15 is 0 Å². The van der Waals surface area contributed by atoms with E-state index in [0.29, 0.717) is 0 Å². The van der Waals surface area contributed by atoms with Crippen molar-refractivity contribution in [1.82, 2.24) is 0 Å². The topological polar surface area (TPSA) is 139 Å². The number of carbonyl (C=O) groups is 3. The zero-order valence-electron chi connectivity index (χ0n) is 15.8. The summed E-state index contributed by atoms with van der Waals surface area (Å²) < 4.78 is 38.0. The minimum atomic E-state index is -4.07. The van der Waals surface area contributed by atoms with Crippen LogP contribution in [0.2, 0.25) is 0 Å². The number of carboxylic acids is 1. The van der Waals surface area contributed by atoms with Gasteiger partial charge >= 0.3 is 11.9 Å². The Morgan fingerprint density at radius 1 is 1.20 bits per heavy atom. The predicted molar refractivity (Wildman–Crippen MR) is 105 cm³/mol. The van der Waals surface area contributed by atoms with E-state index in [1.807, 2.05) is 0 Å². The monoisotopic (exact) mass is 434 g/mol. The van der Waals surface area contributed by atoms with Crippen LogP contribution in [0, 0.1) is 0 Å². The third-order valence-electron chi connectivity index (χ3n) is 4.13. The van der Waals surface area contributed by atoms with Crippen molar-refractivity contribution in [1.29, 1.82) is 0 Å². The van der Waals surface area contributed by atoms with E-state index < -0.39 is 34.4 Å². The summed E-state index contributed by atoms with van der Waals surface area (Å²) in [5, 5.41) is 9.03. The molecule has 0 aliphatic carbocycles. The lowest BCUT2D eigenvalue weighted by molar-refractivity contribution is -0.137. The zero-order chi connectivity index (χ0) is 21.9. The average molecular weight is 434 g/mol. The number of anilines is 2. The smallest absolute Gasteiger partial charge is 0.338 e. The van der Waals surface area contributed by atoms with Crippen LogP contribution >= 0.6 is 0 Å². The molecule has 1 heterocycles. The number of nitrogens with one attached hydrogen (secondary N) is 1. The van der Waals surface area contributed by atoms with Crippen LogP contribution in [0.25, 0.3) is 0 Å². The predicted octanol–water partition coefficient (Wildman–Crippen LogP) is 1.47. The molecule has 0 bridgehead atoms. The first-order chi connectivity index (χ1) is 14.2. The van der Waals surface area contributed by atoms with Gasteiger partial charge in [0.15, 0.2) is 6.61 Å². The highest BCUT2D eigenvalue weighted by atomic mass is 32.2. The van der Waals surface area contributed by atoms with Crippen molar-refractivity contribution in [3.8, 4) is 5.75 Å². The number of fused-ring (bicyclic) bond motifs is 1. The molecule has 0 spiro atoms. The van der Waals surface area contributed by atoms with E-state index in [9.17, 15) is 22.8 Å². The molecule has 11 heteroatoms. The third-order valence-corrected chi connectivity index (χ3v) is 5.50. The summed E-state index contributed by atoms with van der Waals surface area (Å²) >= 11 is 0. The minimum absolute atomic E-state index is 0.0502. The molecule has 0 saturated carbocycles. The van der Waals surface area contributed by atoms with E-state index in [2.05, 4.69) is 4.72 Å². The molecule has 1 aliphatic rings. The van der Waals surface area contributed by atoms with Gasteiger partial charge in [-0.1, -0.05) is 0 Å². The molecular formula is C19H18N2O8S. The highest BCUT2D eigenvalue weighted by Crippen LogP contribution is 2.34. The van der Waals surface area contributed by atoms with Crippen LogP contribution in [0.4, 0.5) is 11.4 Å². The zero-order valence-corrected chi connectivity index (χ0v) is 16.6. The second-order valence-electron chi connectivity index (χ2n) is 6.20. The van der Waals surface area contributed by atoms with Gasteiger partial charge in [0, 0.05) is 5.69 Å². The molecule has 2 aromatic rings. The molecule has 0 saturated heterocycles. The molecule has 1 amide bonds. The molecule has 2 aromatic carbocycles. The van der Waals surface area contributed by atoms with E-state index in [1.54, 1.807) is 6.92 Å². The SMILES string of the molecule is CCOC(=O)c1ccc(NS(=O)(=O)c2ccc3c(c2)N(CC(=O)O)C(=O)CO3)cc1. The number of hydrogen-bond donors (Lipinski definition) is 2. The first-order valence-corrected chi connectivity index (χ1v) is 10.3. The lowest BCUT2D eigenvalue weighted by Crippen LogP contribution is -2.42. The summed E-state index contributed by atoms with van der Waals surface area (Å²) in [5.41, 5.74) is 0.526. The Labute approximate surface area is 172 Å². The number of carbonyl (C=O) groups excluding carboxylic acids is 2. The van der Waals surface area contributed by atoms with Gasteiger partial charge in [-0.25, -0.2) is 13.2 Å². The number of rotatable bonds is 7. The van der Waals surface area contributed by atoms with Gasteiger partial charge in [0.05, 0.1) is 22.8 Å². The first-order valence-electron chi connectivity index (χ1n) is 8.80. The summed E-state index contributed by atoms with van der Waals surface area (Å²) in [6, 6.07) is 9.47. The van der Waals surface area contributed by atoms with Gasteiger partial charge in [-0.15, -0.1) is 0 Å². The summed E-state index contributed by atoms with van der Waals surface area (Å²) in [5.74, 6) is -2.16. The molecule has 0 aromatic heterocycles. The van der Waals surface area contributed by atoms with Crippen LogP contribution in [0.15, 0.2) is 47.4 Å². The van der Waals surface area contributed by atoms with Gasteiger partial charge < -0.3 is 14.6 Å². The Bertz CT molecular complexity index is 1100. The Hall–Kier alpha value is -3.60. The van der Waals surface area contributed by atoms with Crippen LogP contribution in [-0.2, 0) is 24.3 Å². The fourth-order valence-corrected chi connectivity index (χ4v) is 3.84. The lowest BCUT2D eigenvalue weighted by atomic mass is 10.2. The van der Waals surface area contributed by atoms with Crippen molar-refractivity contribution in [3.05, 3.63) is 48.0 Å². The molecule has 0 atom stereocenters. The standard InChI is InChI=1S/C19H18N2O8S/c1-2-28-19(25)12-3-5-13(6-4-12)20-30(26,27)14-7-8-16-15(9-14)21(10-18(23)24)17(22)11-29-16/h3-9,20H,2,10-11H2,1H3,(H,23,24). The maximum Gasteiger partial charge on any atom is 0.338 e. The van der Waals surface area contributed by atoms with Gasteiger partial charge in [-0.3, -0.25) is 19.2 Å². The largest absolute Gasteiger partial charge is 0.482 e. The van der Waals surface area contributed by atoms with Crippen LogP contribution in [0.1, 0.15) is 17.3 Å². The normalized spacial score (nSPS) is 13.2. The molecule has 0 unspecified atom stereocenters. The lowest BCUT2D eigenvalue weighted by Gasteiger charge is -2.28. The fourth-order valence-electron chi connectivity index (χ4n) is 2.76. The Kier molecular flexibility index (Phi) is 5.92. The van der Waals surface area contributed by atoms with Gasteiger partial charge in [0.2, 0.25) is 0 Å². The van der Waals surface area contributed by atoms with E-state index in [-0.39, 0.29) is 40.8 Å². The second-order valence-corrected chi connectivity index (χ2v) is 7.88. The number of carboxylic acid groups (broad SMARTS) is 1. The van der Waals surface area contributed by atoms with E-state index in [0.717, 1.165) is 4.90 Å². The summed E-state index contributed by atoms with van der Waals surface area (Å²) in [6.07, 6.45) is 0. The van der Waals surface area contributed by atoms with Gasteiger partial charge in [0.25, 0.3) is 15.9 Å². The molecule has 158 valence electrons.